The van der Waals surface area contributed by atoms with Crippen LogP contribution in [-0.4, -0.2) is 56.7 Å². The van der Waals surface area contributed by atoms with Crippen molar-refractivity contribution in [1.29, 1.82) is 0 Å². The van der Waals surface area contributed by atoms with E-state index in [1.807, 2.05) is 24.0 Å². The van der Waals surface area contributed by atoms with Gasteiger partial charge in [0.05, 0.1) is 30.8 Å². The van der Waals surface area contributed by atoms with Gasteiger partial charge < -0.3 is 19.3 Å². The lowest BCUT2D eigenvalue weighted by atomic mass is 9.80. The summed E-state index contributed by atoms with van der Waals surface area (Å²) in [4.78, 5) is 21.6. The molecule has 0 bridgehead atoms. The Morgan fingerprint density at radius 3 is 2.55 bits per heavy atom. The molecule has 1 saturated heterocycles. The highest BCUT2D eigenvalue weighted by Crippen LogP contribution is 2.56. The third-order valence-corrected chi connectivity index (χ3v) is 10.2. The van der Waals surface area contributed by atoms with E-state index in [-0.39, 0.29) is 10.6 Å². The predicted octanol–water partition coefficient (Wildman–Crippen LogP) is 4.67. The van der Waals surface area contributed by atoms with Crippen LogP contribution in [0.15, 0.2) is 76.5 Å². The van der Waals surface area contributed by atoms with Gasteiger partial charge in [-0.05, 0) is 79.5 Å². The molecule has 2 aliphatic heterocycles. The Hall–Kier alpha value is -3.97. The molecule has 0 aliphatic carbocycles. The van der Waals surface area contributed by atoms with E-state index >= 15 is 4.79 Å². The Labute approximate surface area is 260 Å². The second kappa shape index (κ2) is 11.8. The first-order chi connectivity index (χ1) is 21.3. The maximum Gasteiger partial charge on any atom is 0.271 e. The predicted molar refractivity (Wildman–Crippen MR) is 163 cm³/mol. The molecule has 13 heteroatoms. The van der Waals surface area contributed by atoms with Gasteiger partial charge >= 0.3 is 0 Å². The first-order valence-electron chi connectivity index (χ1n) is 14.2. The van der Waals surface area contributed by atoms with Crippen molar-refractivity contribution in [3.8, 4) is 11.5 Å². The summed E-state index contributed by atoms with van der Waals surface area (Å²) in [7, 11) is -1.38. The van der Waals surface area contributed by atoms with Crippen LogP contribution >= 0.6 is 11.6 Å². The van der Waals surface area contributed by atoms with Crippen LogP contribution in [0.2, 0.25) is 5.02 Å². The lowest BCUT2D eigenvalue weighted by molar-refractivity contribution is -0.127. The van der Waals surface area contributed by atoms with E-state index in [9.17, 15) is 8.42 Å². The van der Waals surface area contributed by atoms with E-state index in [1.165, 1.54) is 32.7 Å². The second-order valence-electron chi connectivity index (χ2n) is 10.6. The highest BCUT2D eigenvalue weighted by molar-refractivity contribution is 7.93. The van der Waals surface area contributed by atoms with Gasteiger partial charge in [-0.15, -0.1) is 0 Å². The lowest BCUT2D eigenvalue weighted by Crippen LogP contribution is -2.54. The fraction of sp³-hybridized carbons (Fsp3) is 0.323. The number of nitrogens with one attached hydrogen (secondary N) is 1. The number of carbonyl (C=O) groups excluding carboxylic acids is 1. The fourth-order valence-electron chi connectivity index (χ4n) is 6.31. The zero-order chi connectivity index (χ0) is 31.1. The monoisotopic (exact) mass is 637 g/mol. The molecule has 6 rings (SSSR count). The molecule has 3 aromatic carbocycles. The summed E-state index contributed by atoms with van der Waals surface area (Å²) >= 11 is 6.62. The van der Waals surface area contributed by atoms with Gasteiger partial charge in [-0.25, -0.2) is 12.7 Å². The molecule has 3 heterocycles. The maximum atomic E-state index is 15.3. The molecular weight excluding hydrogens is 606 g/mol. The minimum Gasteiger partial charge on any atom is -0.497 e. The van der Waals surface area contributed by atoms with Crippen molar-refractivity contribution in [1.82, 2.24) is 20.4 Å². The Kier molecular flexibility index (Phi) is 8.10. The molecule has 1 aromatic heterocycles. The van der Waals surface area contributed by atoms with Crippen LogP contribution in [0.25, 0.3) is 0 Å². The zero-order valence-corrected chi connectivity index (χ0v) is 26.1. The Morgan fingerprint density at radius 2 is 1.86 bits per heavy atom. The molecular formula is C31H32ClN5O6S. The number of rotatable bonds is 10. The highest BCUT2D eigenvalue weighted by atomic mass is 35.5. The van der Waals surface area contributed by atoms with Crippen molar-refractivity contribution in [2.75, 3.05) is 31.6 Å². The lowest BCUT2D eigenvalue weighted by Gasteiger charge is -2.41. The van der Waals surface area contributed by atoms with E-state index in [0.717, 1.165) is 16.4 Å². The molecule has 0 saturated carbocycles. The van der Waals surface area contributed by atoms with Crippen LogP contribution in [0.5, 0.6) is 11.5 Å². The van der Waals surface area contributed by atoms with Gasteiger partial charge in [0.2, 0.25) is 6.39 Å². The first-order valence-corrected chi connectivity index (χ1v) is 16.0. The van der Waals surface area contributed by atoms with Crippen LogP contribution in [0.1, 0.15) is 48.3 Å². The van der Waals surface area contributed by atoms with E-state index in [4.69, 9.17) is 25.6 Å². The average molecular weight is 638 g/mol. The summed E-state index contributed by atoms with van der Waals surface area (Å²) < 4.78 is 46.0. The second-order valence-corrected chi connectivity index (χ2v) is 12.8. The number of benzene rings is 3. The molecule has 1 N–H and O–H groups in total. The molecule has 1 amide bonds. The summed E-state index contributed by atoms with van der Waals surface area (Å²) in [6.45, 7) is 3.71. The maximum absolute atomic E-state index is 15.3. The summed E-state index contributed by atoms with van der Waals surface area (Å²) in [5.41, 5.74) is 0.334. The van der Waals surface area contributed by atoms with Gasteiger partial charge in [-0.3, -0.25) is 9.69 Å². The van der Waals surface area contributed by atoms with Crippen LogP contribution < -0.4 is 19.1 Å². The summed E-state index contributed by atoms with van der Waals surface area (Å²) in [5.74, 6) is 0.629. The third kappa shape index (κ3) is 4.73. The van der Waals surface area contributed by atoms with Crippen molar-refractivity contribution in [2.45, 2.75) is 42.8 Å². The molecule has 0 spiro atoms. The van der Waals surface area contributed by atoms with Crippen molar-refractivity contribution in [3.05, 3.63) is 94.6 Å². The van der Waals surface area contributed by atoms with Gasteiger partial charge in [0.1, 0.15) is 11.5 Å². The van der Waals surface area contributed by atoms with Gasteiger partial charge in [0.25, 0.3) is 15.9 Å². The molecule has 1 fully saturated rings. The number of sulfonamides is 1. The van der Waals surface area contributed by atoms with Crippen LogP contribution in [-0.2, 0) is 26.9 Å². The number of amides is 1. The fourth-order valence-corrected chi connectivity index (χ4v) is 7.94. The minimum absolute atomic E-state index is 0.0626. The highest BCUT2D eigenvalue weighted by Gasteiger charge is 2.62. The molecule has 2 atom stereocenters. The average Bonchev–Trinajstić information content (AvgIpc) is 3.79. The normalized spacial score (nSPS) is 20.2. The Bertz CT molecular complexity index is 1780. The number of carbonyl (C=O) groups is 1. The SMILES string of the molecule is CCNCc1ccc(OC)c(C2(N3CCC[C@H]3c3ncon3)C(=O)N(S(=O)(=O)c3ccc(OC)cc3)c3ccc(Cl)cc32)c1. The number of anilines is 1. The summed E-state index contributed by atoms with van der Waals surface area (Å²) in [5, 5.41) is 7.80. The molecule has 0 radical (unpaired) electrons. The topological polar surface area (TPSA) is 127 Å². The number of ether oxygens (including phenoxy) is 2. The van der Waals surface area contributed by atoms with Crippen molar-refractivity contribution in [3.63, 3.8) is 0 Å². The molecule has 1 unspecified atom stereocenters. The van der Waals surface area contributed by atoms with Crippen LogP contribution in [0.3, 0.4) is 0 Å². The van der Waals surface area contributed by atoms with Gasteiger partial charge in [-0.1, -0.05) is 29.7 Å². The number of hydrogen-bond acceptors (Lipinski definition) is 10. The molecule has 44 heavy (non-hydrogen) atoms. The number of halogens is 1. The number of methoxy groups -OCH3 is 2. The van der Waals surface area contributed by atoms with E-state index in [0.29, 0.717) is 59.4 Å². The first kappa shape index (κ1) is 30.1. The van der Waals surface area contributed by atoms with Crippen LogP contribution in [0.4, 0.5) is 5.69 Å². The molecule has 2 aliphatic rings. The largest absolute Gasteiger partial charge is 0.497 e. The van der Waals surface area contributed by atoms with Crippen molar-refractivity contribution < 1.29 is 27.2 Å². The molecule has 11 nitrogen and oxygen atoms in total. The van der Waals surface area contributed by atoms with Gasteiger partial charge in [0.15, 0.2) is 11.4 Å². The molecule has 4 aromatic rings. The number of hydrogen-bond donors (Lipinski definition) is 1. The molecule has 230 valence electrons. The van der Waals surface area contributed by atoms with Gasteiger partial charge in [0, 0.05) is 29.2 Å². The number of aromatic nitrogens is 2. The minimum atomic E-state index is -4.41. The third-order valence-electron chi connectivity index (χ3n) is 8.25. The van der Waals surface area contributed by atoms with Crippen LogP contribution in [0, 0.1) is 0 Å². The Balaban J connectivity index is 1.66. The summed E-state index contributed by atoms with van der Waals surface area (Å²) in [6, 6.07) is 15.9. The van der Waals surface area contributed by atoms with Crippen molar-refractivity contribution >= 4 is 33.2 Å². The zero-order valence-electron chi connectivity index (χ0n) is 24.5. The number of nitrogens with zero attached hydrogens (tertiary/aromatic N) is 4. The van der Waals surface area contributed by atoms with E-state index in [1.54, 1.807) is 36.4 Å². The summed E-state index contributed by atoms with van der Waals surface area (Å²) in [6.07, 6.45) is 2.57. The quantitative estimate of drug-likeness (QED) is 0.262. The smallest absolute Gasteiger partial charge is 0.271 e. The van der Waals surface area contributed by atoms with E-state index in [2.05, 4.69) is 15.5 Å². The van der Waals surface area contributed by atoms with Gasteiger partial charge in [-0.2, -0.15) is 4.98 Å². The number of fused-ring (bicyclic) bond motifs is 1. The standard InChI is InChI=1S/C31H32ClN5O6S/c1-4-33-18-20-7-14-28(42-3)25(16-20)31(36-15-5-6-27(36)29-34-19-43-35-29)24-17-21(32)8-13-26(24)37(30(31)38)44(39,40)23-11-9-22(41-2)10-12-23/h7-14,16-17,19,27,33H,4-6,15,18H2,1-3H3/t27-,31?/m0/s1. The van der Waals surface area contributed by atoms with E-state index < -0.39 is 27.5 Å². The Morgan fingerprint density at radius 1 is 1.07 bits per heavy atom. The van der Waals surface area contributed by atoms with Crippen molar-refractivity contribution in [2.24, 2.45) is 0 Å². The number of likely N-dealkylation sites (tertiary alicyclic amines) is 1.